The van der Waals surface area contributed by atoms with Gasteiger partial charge < -0.3 is 14.8 Å². The van der Waals surface area contributed by atoms with Crippen LogP contribution in [-0.2, 0) is 14.3 Å². The number of amides is 3. The average molecular weight is 726 g/mol. The van der Waals surface area contributed by atoms with E-state index < -0.39 is 42.3 Å². The third-order valence-electron chi connectivity index (χ3n) is 5.01. The van der Waals surface area contributed by atoms with E-state index >= 15 is 0 Å². The Morgan fingerprint density at radius 1 is 0.941 bits per heavy atom. The molecule has 0 bridgehead atoms. The van der Waals surface area contributed by atoms with E-state index in [0.717, 1.165) is 4.90 Å². The van der Waals surface area contributed by atoms with E-state index in [1.807, 2.05) is 0 Å². The Bertz CT molecular complexity index is 1150. The van der Waals surface area contributed by atoms with Crippen LogP contribution in [0.3, 0.4) is 0 Å². The predicted molar refractivity (Wildman–Crippen MR) is 139 cm³/mol. The number of halogens is 4. The summed E-state index contributed by atoms with van der Waals surface area (Å²) in [7, 11) is 1.47. The maximum atomic E-state index is 13.3. The van der Waals surface area contributed by atoms with Crippen molar-refractivity contribution >= 4 is 93.1 Å². The molecule has 3 amide bonds. The second-order valence-corrected chi connectivity index (χ2v) is 10.7. The highest BCUT2D eigenvalue weighted by molar-refractivity contribution is 9.15. The van der Waals surface area contributed by atoms with Gasteiger partial charge in [0.2, 0.25) is 0 Å². The SMILES string of the molecule is COc1ccccc1NC(=O)COC(=O)[C@H](C(C)C)N1C(=O)c2c(Br)c(Br)c(Br)c(Br)c2C1=O. The number of esters is 1. The van der Waals surface area contributed by atoms with E-state index in [2.05, 4.69) is 69.0 Å². The van der Waals surface area contributed by atoms with Crippen molar-refractivity contribution in [3.05, 3.63) is 53.3 Å². The molecule has 0 saturated heterocycles. The van der Waals surface area contributed by atoms with Crippen molar-refractivity contribution in [3.8, 4) is 5.75 Å². The molecule has 34 heavy (non-hydrogen) atoms. The van der Waals surface area contributed by atoms with Crippen LogP contribution in [0, 0.1) is 5.92 Å². The number of hydrogen-bond acceptors (Lipinski definition) is 6. The number of rotatable bonds is 7. The van der Waals surface area contributed by atoms with Gasteiger partial charge in [0.05, 0.1) is 23.9 Å². The molecule has 12 heteroatoms. The Morgan fingerprint density at radius 3 is 1.97 bits per heavy atom. The average Bonchev–Trinajstić information content (AvgIpc) is 3.05. The number of nitrogens with zero attached hydrogens (tertiary/aromatic N) is 1. The van der Waals surface area contributed by atoms with Gasteiger partial charge in [-0.3, -0.25) is 19.3 Å². The number of hydrogen-bond donors (Lipinski definition) is 1. The lowest BCUT2D eigenvalue weighted by Crippen LogP contribution is -2.49. The second kappa shape index (κ2) is 10.9. The van der Waals surface area contributed by atoms with E-state index in [0.29, 0.717) is 29.3 Å². The van der Waals surface area contributed by atoms with Crippen LogP contribution in [0.15, 0.2) is 42.2 Å². The molecular weight excluding hydrogens is 708 g/mol. The fraction of sp³-hybridized carbons (Fsp3) is 0.273. The summed E-state index contributed by atoms with van der Waals surface area (Å²) < 4.78 is 12.2. The highest BCUT2D eigenvalue weighted by atomic mass is 79.9. The van der Waals surface area contributed by atoms with Crippen LogP contribution >= 0.6 is 63.7 Å². The summed E-state index contributed by atoms with van der Waals surface area (Å²) in [6, 6.07) is 5.54. The molecule has 180 valence electrons. The van der Waals surface area contributed by atoms with Crippen molar-refractivity contribution in [2.75, 3.05) is 19.0 Å². The van der Waals surface area contributed by atoms with Crippen LogP contribution in [0.2, 0.25) is 0 Å². The molecular formula is C22H18Br4N2O6. The highest BCUT2D eigenvalue weighted by Crippen LogP contribution is 2.46. The van der Waals surface area contributed by atoms with Gasteiger partial charge in [-0.05, 0) is 81.8 Å². The number of carbonyl (C=O) groups excluding carboxylic acids is 4. The minimum Gasteiger partial charge on any atom is -0.495 e. The highest BCUT2D eigenvalue weighted by Gasteiger charge is 2.47. The molecule has 0 saturated carbocycles. The Morgan fingerprint density at radius 2 is 1.47 bits per heavy atom. The molecule has 0 fully saturated rings. The zero-order valence-electron chi connectivity index (χ0n) is 18.1. The number of methoxy groups -OCH3 is 1. The van der Waals surface area contributed by atoms with Gasteiger partial charge in [0, 0.05) is 17.9 Å². The number of imide groups is 1. The van der Waals surface area contributed by atoms with E-state index in [1.54, 1.807) is 38.1 Å². The zero-order valence-corrected chi connectivity index (χ0v) is 24.4. The maximum Gasteiger partial charge on any atom is 0.330 e. The Labute approximate surface area is 229 Å². The molecule has 2 aromatic carbocycles. The topological polar surface area (TPSA) is 102 Å². The van der Waals surface area contributed by atoms with Crippen LogP contribution in [-0.4, -0.2) is 48.3 Å². The molecule has 0 unspecified atom stereocenters. The summed E-state index contributed by atoms with van der Waals surface area (Å²) in [6.07, 6.45) is 0. The monoisotopic (exact) mass is 722 g/mol. The molecule has 1 N–H and O–H groups in total. The van der Waals surface area contributed by atoms with Gasteiger partial charge in [-0.2, -0.15) is 0 Å². The fourth-order valence-electron chi connectivity index (χ4n) is 3.45. The summed E-state index contributed by atoms with van der Waals surface area (Å²) in [4.78, 5) is 52.7. The van der Waals surface area contributed by atoms with E-state index in [1.165, 1.54) is 7.11 Å². The number of benzene rings is 2. The zero-order chi connectivity index (χ0) is 25.3. The number of carbonyl (C=O) groups is 4. The first kappa shape index (κ1) is 26.8. The van der Waals surface area contributed by atoms with Crippen molar-refractivity contribution in [3.63, 3.8) is 0 Å². The maximum absolute atomic E-state index is 13.3. The molecule has 3 rings (SSSR count). The number of para-hydroxylation sites is 2. The van der Waals surface area contributed by atoms with Gasteiger partial charge in [-0.15, -0.1) is 0 Å². The number of anilines is 1. The van der Waals surface area contributed by atoms with Crippen LogP contribution < -0.4 is 10.1 Å². The predicted octanol–water partition coefficient (Wildman–Crippen LogP) is 5.55. The van der Waals surface area contributed by atoms with Gasteiger partial charge in [0.25, 0.3) is 17.7 Å². The molecule has 8 nitrogen and oxygen atoms in total. The molecule has 0 aromatic heterocycles. The fourth-order valence-corrected chi connectivity index (χ4v) is 5.91. The van der Waals surface area contributed by atoms with Crippen molar-refractivity contribution in [2.45, 2.75) is 19.9 Å². The van der Waals surface area contributed by atoms with Crippen molar-refractivity contribution in [2.24, 2.45) is 5.92 Å². The lowest BCUT2D eigenvalue weighted by Gasteiger charge is -2.27. The Hall–Kier alpha value is -1.76. The summed E-state index contributed by atoms with van der Waals surface area (Å²) >= 11 is 13.4. The number of nitrogens with one attached hydrogen (secondary N) is 1. The van der Waals surface area contributed by atoms with Crippen LogP contribution in [0.5, 0.6) is 5.75 Å². The van der Waals surface area contributed by atoms with Crippen LogP contribution in [0.25, 0.3) is 0 Å². The molecule has 0 aliphatic carbocycles. The summed E-state index contributed by atoms with van der Waals surface area (Å²) in [6.45, 7) is 2.76. The second-order valence-electron chi connectivity index (χ2n) is 7.53. The van der Waals surface area contributed by atoms with Crippen LogP contribution in [0.4, 0.5) is 5.69 Å². The van der Waals surface area contributed by atoms with E-state index in [4.69, 9.17) is 9.47 Å². The summed E-state index contributed by atoms with van der Waals surface area (Å²) in [5.41, 5.74) is 0.663. The number of fused-ring (bicyclic) bond motifs is 1. The van der Waals surface area contributed by atoms with Gasteiger partial charge in [0.1, 0.15) is 11.8 Å². The van der Waals surface area contributed by atoms with Gasteiger partial charge in [0.15, 0.2) is 6.61 Å². The Balaban J connectivity index is 1.81. The summed E-state index contributed by atoms with van der Waals surface area (Å²) in [5.74, 6) is -2.78. The smallest absolute Gasteiger partial charge is 0.330 e. The lowest BCUT2D eigenvalue weighted by atomic mass is 10.0. The first-order chi connectivity index (χ1) is 16.0. The normalized spacial score (nSPS) is 13.7. The molecule has 0 radical (unpaired) electrons. The summed E-state index contributed by atoms with van der Waals surface area (Å²) in [5, 5.41) is 2.60. The van der Waals surface area contributed by atoms with Crippen molar-refractivity contribution < 1.29 is 28.7 Å². The molecule has 1 aliphatic heterocycles. The number of ether oxygens (including phenoxy) is 2. The molecule has 0 spiro atoms. The molecule has 1 heterocycles. The first-order valence-corrected chi connectivity index (χ1v) is 13.0. The third-order valence-corrected chi connectivity index (χ3v) is 9.78. The van der Waals surface area contributed by atoms with Crippen molar-refractivity contribution in [1.82, 2.24) is 4.90 Å². The molecule has 1 aliphatic rings. The molecule has 2 aromatic rings. The largest absolute Gasteiger partial charge is 0.495 e. The van der Waals surface area contributed by atoms with Gasteiger partial charge in [-0.25, -0.2) is 4.79 Å². The minimum atomic E-state index is -1.23. The van der Waals surface area contributed by atoms with Gasteiger partial charge in [-0.1, -0.05) is 26.0 Å². The standard InChI is InChI=1S/C22H18Br4N2O6/c1-9(2)19(22(32)34-8-12(29)27-10-6-4-5-7-11(10)33-3)28-20(30)13-14(21(28)31)16(24)18(26)17(25)15(13)23/h4-7,9,19H,8H2,1-3H3,(H,27,29)/t19-/m0/s1. The van der Waals surface area contributed by atoms with Crippen molar-refractivity contribution in [1.29, 1.82) is 0 Å². The Kier molecular flexibility index (Phi) is 8.59. The quantitative estimate of drug-likeness (QED) is 0.174. The van der Waals surface area contributed by atoms with Crippen LogP contribution in [0.1, 0.15) is 34.6 Å². The third kappa shape index (κ3) is 4.95. The van der Waals surface area contributed by atoms with Gasteiger partial charge >= 0.3 is 5.97 Å². The molecule has 1 atom stereocenters. The van der Waals surface area contributed by atoms with E-state index in [9.17, 15) is 19.2 Å². The van der Waals surface area contributed by atoms with E-state index in [-0.39, 0.29) is 11.1 Å². The lowest BCUT2D eigenvalue weighted by molar-refractivity contribution is -0.152. The minimum absolute atomic E-state index is 0.124. The first-order valence-electron chi connectivity index (χ1n) is 9.84.